The van der Waals surface area contributed by atoms with E-state index in [2.05, 4.69) is 30.3 Å². The first-order valence-corrected chi connectivity index (χ1v) is 11.5. The quantitative estimate of drug-likeness (QED) is 0.640. The van der Waals surface area contributed by atoms with E-state index >= 15 is 0 Å². The third-order valence-electron chi connectivity index (χ3n) is 6.65. The highest BCUT2D eigenvalue weighted by molar-refractivity contribution is 6.05. The predicted octanol–water partition coefficient (Wildman–Crippen LogP) is 4.31. The zero-order chi connectivity index (χ0) is 22.8. The van der Waals surface area contributed by atoms with E-state index in [0.717, 1.165) is 35.2 Å². The average Bonchev–Trinajstić information content (AvgIpc) is 3.30. The van der Waals surface area contributed by atoms with Crippen LogP contribution in [0.5, 0.6) is 0 Å². The van der Waals surface area contributed by atoms with Crippen LogP contribution in [-0.4, -0.2) is 52.2 Å². The molecule has 1 saturated heterocycles. The van der Waals surface area contributed by atoms with Gasteiger partial charge < -0.3 is 5.11 Å². The van der Waals surface area contributed by atoms with Crippen LogP contribution in [0.15, 0.2) is 77.9 Å². The highest BCUT2D eigenvalue weighted by Gasteiger charge is 2.35. The van der Waals surface area contributed by atoms with Gasteiger partial charge in [-0.05, 0) is 47.4 Å². The third-order valence-corrected chi connectivity index (χ3v) is 6.65. The fraction of sp³-hybridized carbons (Fsp3) is 0.296. The van der Waals surface area contributed by atoms with Crippen molar-refractivity contribution in [2.75, 3.05) is 19.6 Å². The molecule has 0 aliphatic carbocycles. The van der Waals surface area contributed by atoms with E-state index in [9.17, 15) is 14.7 Å². The van der Waals surface area contributed by atoms with Crippen LogP contribution in [0.3, 0.4) is 0 Å². The maximum Gasteiger partial charge on any atom is 0.307 e. The van der Waals surface area contributed by atoms with Gasteiger partial charge in [0.15, 0.2) is 0 Å². The van der Waals surface area contributed by atoms with E-state index in [-0.39, 0.29) is 18.5 Å². The molecule has 2 heterocycles. The molecule has 6 nitrogen and oxygen atoms in total. The Balaban J connectivity index is 1.42. The predicted molar refractivity (Wildman–Crippen MR) is 128 cm³/mol. The van der Waals surface area contributed by atoms with Gasteiger partial charge >= 0.3 is 5.97 Å². The maximum atomic E-state index is 13.4. The summed E-state index contributed by atoms with van der Waals surface area (Å²) in [6.45, 7) is 1.33. The molecule has 168 valence electrons. The van der Waals surface area contributed by atoms with Gasteiger partial charge in [-0.1, -0.05) is 66.7 Å². The van der Waals surface area contributed by atoms with Crippen molar-refractivity contribution >= 4 is 28.4 Å². The van der Waals surface area contributed by atoms with Crippen LogP contribution >= 0.6 is 0 Å². The molecule has 3 aromatic rings. The number of likely N-dealkylation sites (tertiary alicyclic amines) is 1. The van der Waals surface area contributed by atoms with E-state index in [4.69, 9.17) is 5.10 Å². The summed E-state index contributed by atoms with van der Waals surface area (Å²) in [6, 6.07) is 24.3. The van der Waals surface area contributed by atoms with Crippen LogP contribution in [0, 0.1) is 5.92 Å². The molecular formula is C27H27N3O3. The summed E-state index contributed by atoms with van der Waals surface area (Å²) in [4.78, 5) is 26.8. The van der Waals surface area contributed by atoms with Gasteiger partial charge in [0.05, 0.1) is 24.2 Å². The summed E-state index contributed by atoms with van der Waals surface area (Å²) in [6.07, 6.45) is 2.10. The average molecular weight is 442 g/mol. The van der Waals surface area contributed by atoms with Crippen LogP contribution in [0.1, 0.15) is 36.4 Å². The number of hydrogen-bond donors (Lipinski definition) is 1. The number of carboxylic acids is 1. The summed E-state index contributed by atoms with van der Waals surface area (Å²) >= 11 is 0. The number of aliphatic carboxylic acids is 1. The Bertz CT molecular complexity index is 1210. The van der Waals surface area contributed by atoms with E-state index < -0.39 is 11.9 Å². The lowest BCUT2D eigenvalue weighted by atomic mass is 9.96. The van der Waals surface area contributed by atoms with Gasteiger partial charge in [-0.2, -0.15) is 5.10 Å². The molecule has 6 heteroatoms. The lowest BCUT2D eigenvalue weighted by Crippen LogP contribution is -2.44. The van der Waals surface area contributed by atoms with Crippen molar-refractivity contribution in [1.29, 1.82) is 0 Å². The second kappa shape index (κ2) is 9.16. The Hall–Kier alpha value is -3.51. The van der Waals surface area contributed by atoms with Gasteiger partial charge in [-0.3, -0.25) is 14.5 Å². The van der Waals surface area contributed by atoms with Gasteiger partial charge in [0, 0.05) is 13.0 Å². The standard InChI is InChI=1S/C27H27N3O3/c31-26(18-29-14-6-11-23(17-29)27(32)33)30-25(20-8-2-1-3-9-20)16-24(28-30)22-13-12-19-7-4-5-10-21(19)15-22/h1-5,7-10,12-13,15,23,25H,6,11,14,16-18H2,(H,32,33). The second-order valence-electron chi connectivity index (χ2n) is 8.89. The zero-order valence-electron chi connectivity index (χ0n) is 18.4. The SMILES string of the molecule is O=C(O)C1CCCN(CC(=O)N2N=C(c3ccc4ccccc4c3)CC2c2ccccc2)C1. The molecule has 0 saturated carbocycles. The summed E-state index contributed by atoms with van der Waals surface area (Å²) in [5.74, 6) is -1.29. The molecule has 2 aliphatic rings. The number of hydrazone groups is 1. The van der Waals surface area contributed by atoms with E-state index in [1.807, 2.05) is 47.4 Å². The van der Waals surface area contributed by atoms with Gasteiger partial charge in [0.1, 0.15) is 0 Å². The number of hydrogen-bond acceptors (Lipinski definition) is 4. The van der Waals surface area contributed by atoms with Crippen LogP contribution in [0.4, 0.5) is 0 Å². The van der Waals surface area contributed by atoms with Crippen molar-refractivity contribution in [3.05, 3.63) is 83.9 Å². The molecule has 2 atom stereocenters. The smallest absolute Gasteiger partial charge is 0.307 e. The lowest BCUT2D eigenvalue weighted by Gasteiger charge is -2.31. The molecule has 0 bridgehead atoms. The summed E-state index contributed by atoms with van der Waals surface area (Å²) < 4.78 is 0. The van der Waals surface area contributed by atoms with Gasteiger partial charge in [-0.15, -0.1) is 0 Å². The minimum Gasteiger partial charge on any atom is -0.481 e. The number of carbonyl (C=O) groups is 2. The molecule has 3 aromatic carbocycles. The van der Waals surface area contributed by atoms with Crippen LogP contribution in [0.2, 0.25) is 0 Å². The lowest BCUT2D eigenvalue weighted by molar-refractivity contribution is -0.145. The first-order valence-electron chi connectivity index (χ1n) is 11.5. The fourth-order valence-electron chi connectivity index (χ4n) is 4.88. The Morgan fingerprint density at radius 3 is 2.52 bits per heavy atom. The normalized spacial score (nSPS) is 21.2. The third kappa shape index (κ3) is 4.52. The van der Waals surface area contributed by atoms with Crippen LogP contribution in [-0.2, 0) is 9.59 Å². The largest absolute Gasteiger partial charge is 0.481 e. The summed E-state index contributed by atoms with van der Waals surface area (Å²) in [5, 5.41) is 18.1. The van der Waals surface area contributed by atoms with Gasteiger partial charge in [-0.25, -0.2) is 5.01 Å². The molecule has 1 fully saturated rings. The van der Waals surface area contributed by atoms with Gasteiger partial charge in [0.2, 0.25) is 0 Å². The minimum atomic E-state index is -0.785. The molecule has 0 spiro atoms. The molecule has 33 heavy (non-hydrogen) atoms. The van der Waals surface area contributed by atoms with Crippen molar-refractivity contribution in [3.8, 4) is 0 Å². The van der Waals surface area contributed by atoms with Crippen molar-refractivity contribution in [1.82, 2.24) is 9.91 Å². The molecule has 2 unspecified atom stereocenters. The monoisotopic (exact) mass is 441 g/mol. The topological polar surface area (TPSA) is 73.2 Å². The van der Waals surface area contributed by atoms with E-state index in [1.165, 1.54) is 5.39 Å². The van der Waals surface area contributed by atoms with E-state index in [1.54, 1.807) is 5.01 Å². The summed E-state index contributed by atoms with van der Waals surface area (Å²) in [7, 11) is 0. The van der Waals surface area contributed by atoms with E-state index in [0.29, 0.717) is 19.4 Å². The first kappa shape index (κ1) is 21.3. The zero-order valence-corrected chi connectivity index (χ0v) is 18.4. The number of fused-ring (bicyclic) bond motifs is 1. The van der Waals surface area contributed by atoms with Gasteiger partial charge in [0.25, 0.3) is 5.91 Å². The molecule has 2 aliphatic heterocycles. The Kier molecular flexibility index (Phi) is 5.92. The Morgan fingerprint density at radius 2 is 1.73 bits per heavy atom. The Morgan fingerprint density at radius 1 is 0.970 bits per heavy atom. The molecular weight excluding hydrogens is 414 g/mol. The molecule has 1 amide bonds. The first-order chi connectivity index (χ1) is 16.1. The maximum absolute atomic E-state index is 13.4. The number of carboxylic acid groups (broad SMARTS) is 1. The number of nitrogens with zero attached hydrogens (tertiary/aromatic N) is 3. The van der Waals surface area contributed by atoms with Crippen molar-refractivity contribution in [2.45, 2.75) is 25.3 Å². The van der Waals surface area contributed by atoms with Crippen molar-refractivity contribution < 1.29 is 14.7 Å². The molecule has 1 N–H and O–H groups in total. The highest BCUT2D eigenvalue weighted by atomic mass is 16.4. The van der Waals surface area contributed by atoms with Crippen LogP contribution < -0.4 is 0 Å². The molecule has 5 rings (SSSR count). The number of rotatable bonds is 5. The Labute approximate surface area is 193 Å². The number of amides is 1. The minimum absolute atomic E-state index is 0.0920. The van der Waals surface area contributed by atoms with Crippen molar-refractivity contribution in [2.24, 2.45) is 11.0 Å². The second-order valence-corrected chi connectivity index (χ2v) is 8.89. The molecule has 0 aromatic heterocycles. The number of carbonyl (C=O) groups excluding carboxylic acids is 1. The number of piperidine rings is 1. The molecule has 0 radical (unpaired) electrons. The van der Waals surface area contributed by atoms with Crippen LogP contribution in [0.25, 0.3) is 10.8 Å². The highest BCUT2D eigenvalue weighted by Crippen LogP contribution is 2.33. The fourth-order valence-corrected chi connectivity index (χ4v) is 4.88. The number of benzene rings is 3. The van der Waals surface area contributed by atoms with Crippen molar-refractivity contribution in [3.63, 3.8) is 0 Å². The summed E-state index contributed by atoms with van der Waals surface area (Å²) in [5.41, 5.74) is 2.96.